The van der Waals surface area contributed by atoms with Crippen LogP contribution in [0.4, 0.5) is 0 Å². The smallest absolute Gasteiger partial charge is 0.456 e. The van der Waals surface area contributed by atoms with Gasteiger partial charge in [-0.1, -0.05) is 79.7 Å². The summed E-state index contributed by atoms with van der Waals surface area (Å²) in [6, 6.07) is 9.90. The molecule has 0 aliphatic carbocycles. The second-order valence-electron chi connectivity index (χ2n) is 8.60. The molecule has 0 bridgehead atoms. The largest absolute Gasteiger partial charge is 0.492 e. The van der Waals surface area contributed by atoms with Gasteiger partial charge in [-0.25, -0.2) is 0 Å². The Morgan fingerprint density at radius 3 is 1.92 bits per heavy atom. The van der Waals surface area contributed by atoms with Gasteiger partial charge < -0.3 is 14.5 Å². The van der Waals surface area contributed by atoms with Crippen molar-refractivity contribution in [2.24, 2.45) is 0 Å². The van der Waals surface area contributed by atoms with Gasteiger partial charge in [0.1, 0.15) is 11.2 Å². The van der Waals surface area contributed by atoms with Crippen LogP contribution in [0, 0.1) is 0 Å². The van der Waals surface area contributed by atoms with Crippen LogP contribution in [-0.2, 0) is 10.8 Å². The van der Waals surface area contributed by atoms with Crippen molar-refractivity contribution >= 4 is 34.5 Å². The monoisotopic (exact) mass is 354 g/mol. The van der Waals surface area contributed by atoms with Crippen molar-refractivity contribution in [1.29, 1.82) is 0 Å². The summed E-state index contributed by atoms with van der Waals surface area (Å²) in [6.45, 7) is 17.1. The van der Waals surface area contributed by atoms with Gasteiger partial charge in [-0.15, -0.1) is 0 Å². The highest BCUT2D eigenvalue weighted by molar-refractivity contribution is 6.61. The van der Waals surface area contributed by atoms with E-state index in [-0.39, 0.29) is 10.8 Å². The molecule has 0 amide bonds. The first-order valence-electron chi connectivity index (χ1n) is 9.36. The van der Waals surface area contributed by atoms with Crippen LogP contribution in [0.15, 0.2) is 34.7 Å². The van der Waals surface area contributed by atoms with E-state index in [4.69, 9.17) is 4.42 Å². The molecule has 1 aromatic heterocycles. The van der Waals surface area contributed by atoms with E-state index in [1.54, 1.807) is 6.07 Å². The molecule has 3 rings (SSSR count). The molecule has 0 saturated carbocycles. The maximum Gasteiger partial charge on any atom is 0.492 e. The number of benzene rings is 2. The Kier molecular flexibility index (Phi) is 5.60. The number of fused-ring (bicyclic) bond motifs is 3. The van der Waals surface area contributed by atoms with Crippen LogP contribution < -0.4 is 5.46 Å². The molecule has 0 saturated heterocycles. The van der Waals surface area contributed by atoms with Crippen molar-refractivity contribution in [2.75, 3.05) is 0 Å². The summed E-state index contributed by atoms with van der Waals surface area (Å²) in [7, 11) is -1.55. The first-order chi connectivity index (χ1) is 12.0. The van der Waals surface area contributed by atoms with E-state index in [0.29, 0.717) is 11.0 Å². The topological polar surface area (TPSA) is 53.6 Å². The molecular weight excluding hydrogens is 323 g/mol. The molecule has 0 spiro atoms. The predicted molar refractivity (Wildman–Crippen MR) is 112 cm³/mol. The highest BCUT2D eigenvalue weighted by Gasteiger charge is 2.27. The molecule has 0 fully saturated rings. The summed E-state index contributed by atoms with van der Waals surface area (Å²) in [5, 5.41) is 21.3. The van der Waals surface area contributed by atoms with E-state index < -0.39 is 7.12 Å². The highest BCUT2D eigenvalue weighted by atomic mass is 16.4. The Bertz CT molecular complexity index is 909. The van der Waals surface area contributed by atoms with Crippen molar-refractivity contribution in [2.45, 2.75) is 66.2 Å². The van der Waals surface area contributed by atoms with E-state index in [0.717, 1.165) is 21.9 Å². The minimum Gasteiger partial charge on any atom is -0.456 e. The Morgan fingerprint density at radius 2 is 1.42 bits per heavy atom. The number of rotatable bonds is 1. The maximum absolute atomic E-state index is 9.66. The zero-order valence-corrected chi connectivity index (χ0v) is 17.3. The summed E-state index contributed by atoms with van der Waals surface area (Å²) >= 11 is 0. The Labute approximate surface area is 157 Å². The molecule has 4 heteroatoms. The molecule has 0 unspecified atom stereocenters. The standard InChI is InChI=1S/C20H25BO3.C2H6/c1-19(2,3)12-10-14-13-8-7-9-16(21(22)23)18(13)24-17(14)15(11-12)20(4,5)6;1-2/h7-11,22-23H,1-6H3;1-2H3. The Hall–Kier alpha value is -1.78. The summed E-state index contributed by atoms with van der Waals surface area (Å²) in [4.78, 5) is 0. The van der Waals surface area contributed by atoms with E-state index in [1.165, 1.54) is 5.56 Å². The minimum atomic E-state index is -1.55. The van der Waals surface area contributed by atoms with Gasteiger partial charge in [0, 0.05) is 21.8 Å². The lowest BCUT2D eigenvalue weighted by Gasteiger charge is -2.25. The number of para-hydroxylation sites is 1. The van der Waals surface area contributed by atoms with Crippen molar-refractivity contribution in [3.63, 3.8) is 0 Å². The lowest BCUT2D eigenvalue weighted by atomic mass is 9.78. The molecule has 3 aromatic rings. The van der Waals surface area contributed by atoms with Crippen LogP contribution in [-0.4, -0.2) is 17.2 Å². The third-order valence-corrected chi connectivity index (χ3v) is 4.58. The van der Waals surface area contributed by atoms with Crippen LogP contribution in [0.5, 0.6) is 0 Å². The number of furan rings is 1. The van der Waals surface area contributed by atoms with Gasteiger partial charge in [0.2, 0.25) is 0 Å². The normalized spacial score (nSPS) is 12.2. The Morgan fingerprint density at radius 1 is 0.808 bits per heavy atom. The van der Waals surface area contributed by atoms with Crippen molar-refractivity contribution < 1.29 is 14.5 Å². The summed E-state index contributed by atoms with van der Waals surface area (Å²) in [5.41, 5.74) is 4.12. The molecule has 0 aliphatic rings. The third-order valence-electron chi connectivity index (χ3n) is 4.58. The molecule has 2 N–H and O–H groups in total. The van der Waals surface area contributed by atoms with Gasteiger partial charge in [0.05, 0.1) is 0 Å². The van der Waals surface area contributed by atoms with Crippen LogP contribution in [0.2, 0.25) is 0 Å². The zero-order chi connectivity index (χ0) is 19.9. The first-order valence-corrected chi connectivity index (χ1v) is 9.36. The fourth-order valence-electron chi connectivity index (χ4n) is 3.12. The van der Waals surface area contributed by atoms with Crippen molar-refractivity contribution in [3.05, 3.63) is 41.5 Å². The van der Waals surface area contributed by atoms with Gasteiger partial charge >= 0.3 is 7.12 Å². The van der Waals surface area contributed by atoms with E-state index >= 15 is 0 Å². The predicted octanol–water partition coefficient (Wildman–Crippen LogP) is 4.89. The average molecular weight is 354 g/mol. The van der Waals surface area contributed by atoms with E-state index in [9.17, 15) is 10.0 Å². The molecular formula is C22H31BO3. The van der Waals surface area contributed by atoms with Gasteiger partial charge in [0.25, 0.3) is 0 Å². The zero-order valence-electron chi connectivity index (χ0n) is 17.3. The summed E-state index contributed by atoms with van der Waals surface area (Å²) in [6.07, 6.45) is 0. The van der Waals surface area contributed by atoms with Crippen molar-refractivity contribution in [3.8, 4) is 0 Å². The van der Waals surface area contributed by atoms with Gasteiger partial charge in [0.15, 0.2) is 0 Å². The van der Waals surface area contributed by atoms with Crippen LogP contribution in [0.3, 0.4) is 0 Å². The van der Waals surface area contributed by atoms with Crippen LogP contribution in [0.25, 0.3) is 21.9 Å². The third kappa shape index (κ3) is 3.67. The molecule has 0 aliphatic heterocycles. The quantitative estimate of drug-likeness (QED) is 0.612. The van der Waals surface area contributed by atoms with Gasteiger partial charge in [-0.05, 0) is 22.5 Å². The van der Waals surface area contributed by atoms with Crippen LogP contribution >= 0.6 is 0 Å². The van der Waals surface area contributed by atoms with Crippen LogP contribution in [0.1, 0.15) is 66.5 Å². The average Bonchev–Trinajstić information content (AvgIpc) is 2.92. The van der Waals surface area contributed by atoms with Crippen molar-refractivity contribution in [1.82, 2.24) is 0 Å². The maximum atomic E-state index is 9.66. The minimum absolute atomic E-state index is 0.0197. The number of hydrogen-bond donors (Lipinski definition) is 2. The van der Waals surface area contributed by atoms with Gasteiger partial charge in [-0.2, -0.15) is 0 Å². The molecule has 2 aromatic carbocycles. The second kappa shape index (κ2) is 7.09. The lowest BCUT2D eigenvalue weighted by molar-refractivity contribution is 0.425. The van der Waals surface area contributed by atoms with Gasteiger partial charge in [-0.3, -0.25) is 0 Å². The summed E-state index contributed by atoms with van der Waals surface area (Å²) < 4.78 is 6.15. The molecule has 3 nitrogen and oxygen atoms in total. The van der Waals surface area contributed by atoms with E-state index in [2.05, 4.69) is 53.7 Å². The molecule has 1 heterocycles. The highest BCUT2D eigenvalue weighted by Crippen LogP contribution is 2.39. The first kappa shape index (κ1) is 20.5. The SMILES string of the molecule is CC.CC(C)(C)c1cc(C(C)(C)C)c2oc3c(B(O)O)cccc3c2c1. The molecule has 140 valence electrons. The number of hydrogen-bond acceptors (Lipinski definition) is 3. The molecule has 0 atom stereocenters. The fourth-order valence-corrected chi connectivity index (χ4v) is 3.12. The van der Waals surface area contributed by atoms with E-state index in [1.807, 2.05) is 26.0 Å². The lowest BCUT2D eigenvalue weighted by Crippen LogP contribution is -2.29. The second-order valence-corrected chi connectivity index (χ2v) is 8.60. The fraction of sp³-hybridized carbons (Fsp3) is 0.455. The molecule has 0 radical (unpaired) electrons. The summed E-state index contributed by atoms with van der Waals surface area (Å²) in [5.74, 6) is 0. The Balaban J connectivity index is 0.00000117. The molecule has 26 heavy (non-hydrogen) atoms.